The number of nitrogens with one attached hydrogen (secondary N) is 2. The Labute approximate surface area is 205 Å². The van der Waals surface area contributed by atoms with Crippen LogP contribution >= 0.6 is 0 Å². The molecule has 1 heterocycles. The van der Waals surface area contributed by atoms with Crippen LogP contribution in [0.3, 0.4) is 0 Å². The zero-order chi connectivity index (χ0) is 26.3. The highest BCUT2D eigenvalue weighted by Gasteiger charge is 2.34. The van der Waals surface area contributed by atoms with Gasteiger partial charge in [-0.2, -0.15) is 0 Å². The van der Waals surface area contributed by atoms with Gasteiger partial charge in [-0.3, -0.25) is 14.6 Å². The third-order valence-corrected chi connectivity index (χ3v) is 5.29. The van der Waals surface area contributed by atoms with E-state index in [2.05, 4.69) is 20.4 Å². The molecule has 2 atom stereocenters. The number of ether oxygens (including phenoxy) is 1. The minimum atomic E-state index is -5.11. The van der Waals surface area contributed by atoms with Crippen LogP contribution in [-0.2, 0) is 4.79 Å². The highest BCUT2D eigenvalue weighted by molar-refractivity contribution is 5.98. The fourth-order valence-corrected chi connectivity index (χ4v) is 3.73. The molecule has 2 unspecified atom stereocenters. The molecule has 6 nitrogen and oxygen atoms in total. The van der Waals surface area contributed by atoms with Crippen molar-refractivity contribution >= 4 is 17.9 Å². The van der Waals surface area contributed by atoms with Gasteiger partial charge in [-0.1, -0.05) is 44.2 Å². The van der Waals surface area contributed by atoms with Gasteiger partial charge in [-0.25, -0.2) is 4.39 Å². The lowest BCUT2D eigenvalue weighted by Gasteiger charge is -2.29. The Morgan fingerprint density at radius 2 is 1.86 bits per heavy atom. The van der Waals surface area contributed by atoms with Crippen molar-refractivity contribution in [3.8, 4) is 5.75 Å². The number of amides is 1. The van der Waals surface area contributed by atoms with Gasteiger partial charge in [-0.15, -0.1) is 13.2 Å². The second-order valence-electron chi connectivity index (χ2n) is 8.47. The molecule has 10 heteroatoms. The molecule has 0 aliphatic rings. The zero-order valence-electron chi connectivity index (χ0n) is 19.6. The van der Waals surface area contributed by atoms with Gasteiger partial charge in [0, 0.05) is 35.8 Å². The topological polar surface area (TPSA) is 80.3 Å². The molecule has 2 aromatic carbocycles. The third kappa shape index (κ3) is 7.11. The number of rotatable bonds is 10. The lowest BCUT2D eigenvalue weighted by molar-refractivity contribution is -0.275. The van der Waals surface area contributed by atoms with Crippen molar-refractivity contribution in [2.24, 2.45) is 5.92 Å². The minimum Gasteiger partial charge on any atom is -0.403 e. The number of alkyl halides is 3. The molecule has 190 valence electrons. The predicted molar refractivity (Wildman–Crippen MR) is 126 cm³/mol. The largest absolute Gasteiger partial charge is 0.573 e. The Hall–Kier alpha value is -3.79. The number of nitrogens with zero attached hydrogens (tertiary/aromatic N) is 1. The maximum absolute atomic E-state index is 13.9. The predicted octanol–water partition coefficient (Wildman–Crippen LogP) is 5.64. The van der Waals surface area contributed by atoms with Gasteiger partial charge in [0.2, 0.25) is 5.91 Å². The third-order valence-electron chi connectivity index (χ3n) is 5.29. The van der Waals surface area contributed by atoms with Crippen LogP contribution in [-0.4, -0.2) is 30.1 Å². The van der Waals surface area contributed by atoms with E-state index >= 15 is 0 Å². The van der Waals surface area contributed by atoms with Gasteiger partial charge in [0.1, 0.15) is 6.29 Å². The standard InChI is InChI=1S/C26H25F4N3O3/c1-16(2)13-32-24(17-7-5-11-31-14-17)23(20-8-4-3-6-18(20)15-34)25(35)33-19-9-10-21(27)22(12-19)36-26(28,29)30/h3-12,14-16,23-24,32H,13H2,1-2H3,(H,33,35). The number of pyridine rings is 1. The van der Waals surface area contributed by atoms with Crippen LogP contribution in [0.2, 0.25) is 0 Å². The summed E-state index contributed by atoms with van der Waals surface area (Å²) in [6, 6.07) is 12.0. The molecular formula is C26H25F4N3O3. The van der Waals surface area contributed by atoms with Crippen LogP contribution in [0.15, 0.2) is 67.0 Å². The fourth-order valence-electron chi connectivity index (χ4n) is 3.73. The second-order valence-corrected chi connectivity index (χ2v) is 8.47. The van der Waals surface area contributed by atoms with E-state index in [9.17, 15) is 27.2 Å². The zero-order valence-corrected chi connectivity index (χ0v) is 19.6. The molecule has 1 amide bonds. The Bertz CT molecular complexity index is 1190. The maximum atomic E-state index is 13.9. The van der Waals surface area contributed by atoms with Gasteiger partial charge in [-0.05, 0) is 41.8 Å². The van der Waals surface area contributed by atoms with E-state index in [0.717, 1.165) is 18.2 Å². The number of carbonyl (C=O) groups excluding carboxylic acids is 2. The summed E-state index contributed by atoms with van der Waals surface area (Å²) >= 11 is 0. The summed E-state index contributed by atoms with van der Waals surface area (Å²) in [6.07, 6.45) is -1.31. The smallest absolute Gasteiger partial charge is 0.403 e. The maximum Gasteiger partial charge on any atom is 0.573 e. The number of anilines is 1. The number of benzene rings is 2. The monoisotopic (exact) mass is 503 g/mol. The SMILES string of the molecule is CC(C)CNC(c1cccnc1)C(C(=O)Nc1ccc(F)c(OC(F)(F)F)c1)c1ccccc1C=O. The Morgan fingerprint density at radius 3 is 2.50 bits per heavy atom. The van der Waals surface area contributed by atoms with Gasteiger partial charge in [0.25, 0.3) is 0 Å². The summed E-state index contributed by atoms with van der Waals surface area (Å²) in [7, 11) is 0. The highest BCUT2D eigenvalue weighted by Crippen LogP contribution is 2.35. The first-order valence-corrected chi connectivity index (χ1v) is 11.1. The van der Waals surface area contributed by atoms with E-state index in [-0.39, 0.29) is 17.2 Å². The molecule has 2 N–H and O–H groups in total. The number of hydrogen-bond acceptors (Lipinski definition) is 5. The van der Waals surface area contributed by atoms with E-state index in [4.69, 9.17) is 0 Å². The number of aldehydes is 1. The fraction of sp³-hybridized carbons (Fsp3) is 0.269. The van der Waals surface area contributed by atoms with Crippen molar-refractivity contribution in [3.05, 3.63) is 89.5 Å². The first-order valence-electron chi connectivity index (χ1n) is 11.1. The molecule has 0 radical (unpaired) electrons. The Balaban J connectivity index is 2.06. The van der Waals surface area contributed by atoms with Crippen molar-refractivity contribution in [2.75, 3.05) is 11.9 Å². The van der Waals surface area contributed by atoms with E-state index < -0.39 is 35.8 Å². The van der Waals surface area contributed by atoms with Gasteiger partial charge >= 0.3 is 6.36 Å². The highest BCUT2D eigenvalue weighted by atomic mass is 19.4. The second kappa shape index (κ2) is 11.8. The Morgan fingerprint density at radius 1 is 1.11 bits per heavy atom. The van der Waals surface area contributed by atoms with Crippen LogP contribution in [0.4, 0.5) is 23.2 Å². The normalized spacial score (nSPS) is 13.2. The van der Waals surface area contributed by atoms with Crippen molar-refractivity contribution < 1.29 is 31.9 Å². The molecule has 0 aliphatic carbocycles. The van der Waals surface area contributed by atoms with Crippen LogP contribution in [0.1, 0.15) is 47.3 Å². The van der Waals surface area contributed by atoms with Gasteiger partial charge in [0.15, 0.2) is 11.6 Å². The molecule has 0 bridgehead atoms. The molecule has 0 saturated heterocycles. The summed E-state index contributed by atoms with van der Waals surface area (Å²) in [5.74, 6) is -3.72. The summed E-state index contributed by atoms with van der Waals surface area (Å²) < 4.78 is 55.6. The van der Waals surface area contributed by atoms with Crippen molar-refractivity contribution in [1.82, 2.24) is 10.3 Å². The summed E-state index contributed by atoms with van der Waals surface area (Å²) in [4.78, 5) is 29.6. The van der Waals surface area contributed by atoms with Crippen LogP contribution < -0.4 is 15.4 Å². The lowest BCUT2D eigenvalue weighted by Crippen LogP contribution is -2.36. The lowest BCUT2D eigenvalue weighted by atomic mass is 9.84. The summed E-state index contributed by atoms with van der Waals surface area (Å²) in [5, 5.41) is 5.91. The van der Waals surface area contributed by atoms with Crippen molar-refractivity contribution in [3.63, 3.8) is 0 Å². The van der Waals surface area contributed by atoms with E-state index in [1.807, 2.05) is 13.8 Å². The molecular weight excluding hydrogens is 478 g/mol. The molecule has 0 saturated carbocycles. The number of halogens is 4. The first-order chi connectivity index (χ1) is 17.1. The van der Waals surface area contributed by atoms with Gasteiger partial charge < -0.3 is 15.4 Å². The summed E-state index contributed by atoms with van der Waals surface area (Å²) in [6.45, 7) is 4.50. The molecule has 1 aromatic heterocycles. The summed E-state index contributed by atoms with van der Waals surface area (Å²) in [5.41, 5.74) is 1.24. The van der Waals surface area contributed by atoms with Gasteiger partial charge in [0.05, 0.1) is 5.92 Å². The van der Waals surface area contributed by atoms with E-state index in [0.29, 0.717) is 24.0 Å². The molecule has 0 spiro atoms. The quantitative estimate of drug-likeness (QED) is 0.277. The molecule has 0 fully saturated rings. The Kier molecular flexibility index (Phi) is 8.76. The number of aromatic nitrogens is 1. The van der Waals surface area contributed by atoms with Crippen molar-refractivity contribution in [1.29, 1.82) is 0 Å². The molecule has 3 rings (SSSR count). The molecule has 0 aliphatic heterocycles. The average molecular weight is 503 g/mol. The number of hydrogen-bond donors (Lipinski definition) is 2. The minimum absolute atomic E-state index is 0.108. The van der Waals surface area contributed by atoms with Crippen LogP contribution in [0.25, 0.3) is 0 Å². The first kappa shape index (κ1) is 26.8. The van der Waals surface area contributed by atoms with Crippen LogP contribution in [0, 0.1) is 11.7 Å². The molecule has 3 aromatic rings. The van der Waals surface area contributed by atoms with Crippen molar-refractivity contribution in [2.45, 2.75) is 32.2 Å². The van der Waals surface area contributed by atoms with E-state index in [1.54, 1.807) is 48.8 Å². The van der Waals surface area contributed by atoms with E-state index in [1.165, 1.54) is 0 Å². The van der Waals surface area contributed by atoms with Crippen LogP contribution in [0.5, 0.6) is 5.75 Å². The molecule has 36 heavy (non-hydrogen) atoms. The average Bonchev–Trinajstić information content (AvgIpc) is 2.83. The number of carbonyl (C=O) groups is 2.